The minimum atomic E-state index is -1.11. The molecule has 0 spiro atoms. The number of rotatable bonds is 39. The fourth-order valence-corrected chi connectivity index (χ4v) is 19.4. The van der Waals surface area contributed by atoms with Crippen LogP contribution in [0, 0.1) is 17.1 Å². The van der Waals surface area contributed by atoms with Crippen LogP contribution in [0.25, 0.3) is 0 Å². The number of nitrogens with one attached hydrogen (secondary N) is 6. The molecule has 0 bridgehead atoms. The summed E-state index contributed by atoms with van der Waals surface area (Å²) in [5.41, 5.74) is 12.5. The van der Waals surface area contributed by atoms with Gasteiger partial charge in [-0.1, -0.05) is 71.7 Å². The summed E-state index contributed by atoms with van der Waals surface area (Å²) in [7, 11) is 0. The van der Waals surface area contributed by atoms with Crippen molar-refractivity contribution in [1.29, 1.82) is 5.26 Å². The first-order chi connectivity index (χ1) is 60.1. The number of carbonyl (C=O) groups excluding carboxylic acids is 1. The lowest BCUT2D eigenvalue weighted by Gasteiger charge is -2.14. The maximum atomic E-state index is 14.4. The highest BCUT2D eigenvalue weighted by atomic mass is 79.9. The van der Waals surface area contributed by atoms with Crippen molar-refractivity contribution < 1.29 is 82.4 Å². The van der Waals surface area contributed by atoms with Crippen LogP contribution in [0.4, 0.5) is 32.8 Å². The second kappa shape index (κ2) is 55.6. The molecule has 0 heterocycles. The molecule has 0 aliphatic heterocycles. The minimum absolute atomic E-state index is 0.0256. The molecule has 0 aromatic heterocycles. The van der Waals surface area contributed by atoms with Gasteiger partial charge in [0.2, 0.25) is 0 Å². The number of amides is 1. The summed E-state index contributed by atoms with van der Waals surface area (Å²) in [5, 5.41) is 72.5. The number of anilines is 5. The van der Waals surface area contributed by atoms with Gasteiger partial charge in [0.05, 0.1) is 89.9 Å². The van der Waals surface area contributed by atoms with Crippen LogP contribution in [0.5, 0.6) is 28.7 Å². The van der Waals surface area contributed by atoms with Crippen LogP contribution >= 0.6 is 183 Å². The Balaban J connectivity index is 0.000000243. The molecule has 36 heteroatoms. The van der Waals surface area contributed by atoms with Gasteiger partial charge in [-0.2, -0.15) is 5.26 Å². The average molecular weight is 2410 g/mol. The number of carbonyl (C=O) groups is 6. The molecule has 11 N–H and O–H groups in total. The van der Waals surface area contributed by atoms with Gasteiger partial charge in [-0.05, 0) is 356 Å². The van der Waals surface area contributed by atoms with Gasteiger partial charge in [0.1, 0.15) is 68.3 Å². The van der Waals surface area contributed by atoms with Crippen molar-refractivity contribution in [3.63, 3.8) is 0 Å². The van der Waals surface area contributed by atoms with Crippen molar-refractivity contribution in [2.24, 2.45) is 0 Å². The number of halogens is 13. The first kappa shape index (κ1) is 107. The Morgan fingerprint density at radius 1 is 0.365 bits per heavy atom. The van der Waals surface area contributed by atoms with Gasteiger partial charge in [-0.15, -0.1) is 0 Å². The molecule has 10 aromatic carbocycles. The summed E-state index contributed by atoms with van der Waals surface area (Å²) in [5.74, 6) is -2.27. The van der Waals surface area contributed by atoms with Gasteiger partial charge in [-0.3, -0.25) is 28.8 Å². The normalized spacial score (nSPS) is 10.4. The molecule has 0 radical (unpaired) electrons. The molecular weight excluding hydrogens is 2320 g/mol. The monoisotopic (exact) mass is 2400 g/mol. The van der Waals surface area contributed by atoms with Crippen LogP contribution in [0.2, 0.25) is 10.0 Å². The number of nitriles is 1. The van der Waals surface area contributed by atoms with E-state index in [0.29, 0.717) is 130 Å². The standard InChI is InChI=1S/C19H18Br2N2O3.C18H17Br2ClN2O4.C18H18Br2ClNO3.C18H18Br2FNO3.C17H17Br2NO3/c1-2-23-15-6-13(10-22)5-14(7-15)11-26-19-16(20)8-12(9-17(19)21)3-4-18(24)25;1-2-22-14-5-3-4-10(16(14)21)9-27-17-12(19)6-11(7-13(17)20)18(26)23-8-15(24)25;2*1-2-22-15-5-3-4-12(17(15)21)10-25-18-13(19)8-11(9-14(18)20)6-7-16(23)24;1-2-20-13-5-3-4-11(6-13)10-23-17-14(18)7-12(8-15(17)19)9-16(21)22/h5-9,23H,2-4,11H2,1H3,(H,24,25);3-7,22H,2,8-9H2,1H3,(H,23,26)(H,24,25);2*3-5,8-9,22H,2,6-7,10H2,1H3,(H,23,24);3-8,20H,2,9-10H2,1H3,(H,21,22). The van der Waals surface area contributed by atoms with Crippen molar-refractivity contribution >= 4 is 247 Å². The van der Waals surface area contributed by atoms with Crippen molar-refractivity contribution in [3.05, 3.63) is 280 Å². The van der Waals surface area contributed by atoms with Gasteiger partial charge >= 0.3 is 29.8 Å². The summed E-state index contributed by atoms with van der Waals surface area (Å²) in [6.45, 7) is 14.7. The van der Waals surface area contributed by atoms with Crippen LogP contribution < -0.4 is 55.6 Å². The van der Waals surface area contributed by atoms with E-state index in [1.807, 2.05) is 131 Å². The van der Waals surface area contributed by atoms with Crippen LogP contribution in [0.1, 0.15) is 120 Å². The molecule has 0 unspecified atom stereocenters. The van der Waals surface area contributed by atoms with E-state index in [1.54, 1.807) is 54.6 Å². The van der Waals surface area contributed by atoms with Crippen LogP contribution in [-0.2, 0) is 82.7 Å². The molecule has 1 amide bonds. The van der Waals surface area contributed by atoms with Gasteiger partial charge in [0, 0.05) is 85.6 Å². The predicted octanol–water partition coefficient (Wildman–Crippen LogP) is 25.9. The van der Waals surface area contributed by atoms with Crippen molar-refractivity contribution in [2.75, 3.05) is 65.9 Å². The lowest BCUT2D eigenvalue weighted by atomic mass is 10.1. The van der Waals surface area contributed by atoms with E-state index in [9.17, 15) is 38.4 Å². The molecule has 0 saturated carbocycles. The summed E-state index contributed by atoms with van der Waals surface area (Å²) in [4.78, 5) is 65.5. The van der Waals surface area contributed by atoms with Gasteiger partial charge in [-0.25, -0.2) is 4.39 Å². The number of nitrogens with zero attached hydrogens (tertiary/aromatic N) is 1. The number of carboxylic acids is 5. The van der Waals surface area contributed by atoms with E-state index in [2.05, 4.69) is 204 Å². The Labute approximate surface area is 824 Å². The van der Waals surface area contributed by atoms with Gasteiger partial charge < -0.3 is 81.1 Å². The predicted molar refractivity (Wildman–Crippen MR) is 528 cm³/mol. The molecular formula is C90H88Br10Cl2FN7O16. The molecule has 0 atom stereocenters. The summed E-state index contributed by atoms with van der Waals surface area (Å²) in [6, 6.07) is 50.1. The fourth-order valence-electron chi connectivity index (χ4n) is 11.5. The third kappa shape index (κ3) is 36.0. The Morgan fingerprint density at radius 2 is 0.698 bits per heavy atom. The van der Waals surface area contributed by atoms with E-state index in [1.165, 1.54) is 0 Å². The molecule has 0 saturated heterocycles. The molecule has 670 valence electrons. The minimum Gasteiger partial charge on any atom is -0.487 e. The summed E-state index contributed by atoms with van der Waals surface area (Å²) < 4.78 is 50.7. The zero-order chi connectivity index (χ0) is 92.7. The maximum absolute atomic E-state index is 14.4. The topological polar surface area (TPSA) is 346 Å². The summed E-state index contributed by atoms with van der Waals surface area (Å²) in [6.07, 6.45) is 1.53. The van der Waals surface area contributed by atoms with E-state index in [4.69, 9.17) is 72.4 Å². The Bertz CT molecular complexity index is 5240. The van der Waals surface area contributed by atoms with Crippen molar-refractivity contribution in [3.8, 4) is 34.8 Å². The molecule has 0 fully saturated rings. The molecule has 10 rings (SSSR count). The number of carboxylic acid groups (broad SMARTS) is 5. The Kier molecular flexibility index (Phi) is 47.1. The number of aryl methyl sites for hydroxylation is 3. The molecule has 23 nitrogen and oxygen atoms in total. The largest absolute Gasteiger partial charge is 0.487 e. The van der Waals surface area contributed by atoms with Crippen LogP contribution in [-0.4, -0.2) is 101 Å². The average Bonchev–Trinajstić information content (AvgIpc) is 0.836. The number of ether oxygens (including phenoxy) is 5. The first-order valence-electron chi connectivity index (χ1n) is 38.7. The molecule has 0 aliphatic carbocycles. The smallest absolute Gasteiger partial charge is 0.322 e. The van der Waals surface area contributed by atoms with E-state index in [0.717, 1.165) is 115 Å². The maximum Gasteiger partial charge on any atom is 0.322 e. The molecule has 10 aromatic rings. The Morgan fingerprint density at radius 3 is 1.08 bits per heavy atom. The fraction of sp³-hybridized carbons (Fsp3) is 0.256. The SMILES string of the molecule is CCNc1cc(C#N)cc(COc2c(Br)cc(CCC(=O)O)cc2Br)c1.CCNc1cccc(COc2c(Br)cc(C(=O)NCC(=O)O)cc2Br)c1Cl.CCNc1cccc(COc2c(Br)cc(CC(=O)O)cc2Br)c1.CCNc1cccc(COc2c(Br)cc(CCC(=O)O)cc2Br)c1Cl.CCNc1cccc(COc2c(Br)cc(CCC(=O)O)cc2Br)c1F. The van der Waals surface area contributed by atoms with E-state index in [-0.39, 0.29) is 44.7 Å². The van der Waals surface area contributed by atoms with Gasteiger partial charge in [0.25, 0.3) is 5.91 Å². The molecule has 0 aliphatic rings. The first-order valence-corrected chi connectivity index (χ1v) is 47.3. The quantitative estimate of drug-likeness (QED) is 0.0170. The van der Waals surface area contributed by atoms with Crippen molar-refractivity contribution in [2.45, 2.75) is 113 Å². The lowest BCUT2D eigenvalue weighted by molar-refractivity contribution is -0.138. The third-order valence-corrected chi connectivity index (χ3v) is 23.9. The highest BCUT2D eigenvalue weighted by Gasteiger charge is 2.21. The number of hydrogen-bond donors (Lipinski definition) is 11. The Hall–Kier alpha value is -8.18. The third-order valence-electron chi connectivity index (χ3n) is 17.2. The number of aliphatic carboxylic acids is 5. The van der Waals surface area contributed by atoms with Gasteiger partial charge in [0.15, 0.2) is 5.82 Å². The van der Waals surface area contributed by atoms with Crippen LogP contribution in [0.3, 0.4) is 0 Å². The lowest BCUT2D eigenvalue weighted by Crippen LogP contribution is -2.29. The number of benzene rings is 10. The highest BCUT2D eigenvalue weighted by Crippen LogP contribution is 2.42. The van der Waals surface area contributed by atoms with E-state index >= 15 is 0 Å². The zero-order valence-corrected chi connectivity index (χ0v) is 85.7. The zero-order valence-electron chi connectivity index (χ0n) is 68.3. The number of hydrogen-bond acceptors (Lipinski definition) is 17. The van der Waals surface area contributed by atoms with Crippen LogP contribution in [0.15, 0.2) is 202 Å². The highest BCUT2D eigenvalue weighted by molar-refractivity contribution is 9.12. The molecule has 126 heavy (non-hydrogen) atoms. The van der Waals surface area contributed by atoms with Crippen molar-refractivity contribution in [1.82, 2.24) is 5.32 Å². The second-order valence-electron chi connectivity index (χ2n) is 26.8. The second-order valence-corrected chi connectivity index (χ2v) is 36.1. The summed E-state index contributed by atoms with van der Waals surface area (Å²) >= 11 is 47.2. The van der Waals surface area contributed by atoms with E-state index < -0.39 is 42.3 Å².